The van der Waals surface area contributed by atoms with Crippen LogP contribution in [0.4, 0.5) is 0 Å². The highest BCUT2D eigenvalue weighted by Crippen LogP contribution is 2.35. The lowest BCUT2D eigenvalue weighted by atomic mass is 10.1. The lowest BCUT2D eigenvalue weighted by molar-refractivity contribution is 0.104. The minimum absolute atomic E-state index is 0.00617. The fourth-order valence-electron chi connectivity index (χ4n) is 2.42. The molecule has 0 bridgehead atoms. The van der Waals surface area contributed by atoms with Crippen molar-refractivity contribution >= 4 is 5.78 Å². The van der Waals surface area contributed by atoms with Crippen LogP contribution in [-0.4, -0.2) is 20.7 Å². The quantitative estimate of drug-likeness (QED) is 0.527. The Labute approximate surface area is 115 Å². The molecule has 0 amide bonds. The molecule has 20 heavy (non-hydrogen) atoms. The third kappa shape index (κ3) is 1.48. The molecule has 1 aromatic carbocycles. The van der Waals surface area contributed by atoms with Gasteiger partial charge in [-0.25, -0.2) is 9.97 Å². The number of nitrogens with zero attached hydrogens (tertiary/aromatic N) is 3. The number of benzene rings is 1. The second-order valence-corrected chi connectivity index (χ2v) is 4.57. The number of carbonyl (C=O) groups excluding carboxylic acids is 1. The van der Waals surface area contributed by atoms with Gasteiger partial charge in [0.2, 0.25) is 0 Å². The first-order valence-corrected chi connectivity index (χ1v) is 6.26. The molecule has 0 N–H and O–H groups in total. The van der Waals surface area contributed by atoms with Crippen molar-refractivity contribution < 1.29 is 4.79 Å². The van der Waals surface area contributed by atoms with Crippen molar-refractivity contribution in [1.82, 2.24) is 15.0 Å². The molecular formula is C16H9N3O. The van der Waals surface area contributed by atoms with Crippen molar-refractivity contribution in [1.29, 1.82) is 0 Å². The largest absolute Gasteiger partial charge is 0.288 e. The third-order valence-electron chi connectivity index (χ3n) is 3.38. The van der Waals surface area contributed by atoms with Crippen molar-refractivity contribution in [2.24, 2.45) is 0 Å². The van der Waals surface area contributed by atoms with Gasteiger partial charge in [-0.15, -0.1) is 0 Å². The molecule has 0 saturated heterocycles. The van der Waals surface area contributed by atoms with Crippen LogP contribution in [0.3, 0.4) is 0 Å². The summed E-state index contributed by atoms with van der Waals surface area (Å²) < 4.78 is 0. The molecule has 3 aromatic rings. The number of hydrogen-bond acceptors (Lipinski definition) is 4. The van der Waals surface area contributed by atoms with E-state index in [0.29, 0.717) is 22.6 Å². The average Bonchev–Trinajstić information content (AvgIpc) is 2.81. The molecule has 2 heterocycles. The zero-order valence-electron chi connectivity index (χ0n) is 10.4. The molecule has 0 atom stereocenters. The lowest BCUT2D eigenvalue weighted by Gasteiger charge is -2.02. The second-order valence-electron chi connectivity index (χ2n) is 4.57. The van der Waals surface area contributed by atoms with Gasteiger partial charge in [-0.1, -0.05) is 24.3 Å². The highest BCUT2D eigenvalue weighted by Gasteiger charge is 2.28. The van der Waals surface area contributed by atoms with Crippen molar-refractivity contribution in [3.63, 3.8) is 0 Å². The van der Waals surface area contributed by atoms with E-state index in [0.717, 1.165) is 11.1 Å². The van der Waals surface area contributed by atoms with E-state index in [2.05, 4.69) is 15.0 Å². The number of carbonyl (C=O) groups is 1. The summed E-state index contributed by atoms with van der Waals surface area (Å²) >= 11 is 0. The van der Waals surface area contributed by atoms with E-state index in [9.17, 15) is 4.79 Å². The summed E-state index contributed by atoms with van der Waals surface area (Å²) in [6.07, 6.45) is 5.02. The van der Waals surface area contributed by atoms with Crippen molar-refractivity contribution in [3.05, 3.63) is 66.1 Å². The number of hydrogen-bond donors (Lipinski definition) is 0. The third-order valence-corrected chi connectivity index (χ3v) is 3.38. The molecule has 94 valence electrons. The van der Waals surface area contributed by atoms with Gasteiger partial charge >= 0.3 is 0 Å². The Kier molecular flexibility index (Phi) is 2.23. The van der Waals surface area contributed by atoms with Gasteiger partial charge in [-0.3, -0.25) is 9.78 Å². The van der Waals surface area contributed by atoms with E-state index in [4.69, 9.17) is 0 Å². The summed E-state index contributed by atoms with van der Waals surface area (Å²) in [5.74, 6) is 0.578. The first-order chi connectivity index (χ1) is 9.84. The monoisotopic (exact) mass is 259 g/mol. The number of pyridine rings is 1. The van der Waals surface area contributed by atoms with Gasteiger partial charge < -0.3 is 0 Å². The second kappa shape index (κ2) is 4.06. The minimum Gasteiger partial charge on any atom is -0.288 e. The highest BCUT2D eigenvalue weighted by atomic mass is 16.1. The van der Waals surface area contributed by atoms with E-state index < -0.39 is 0 Å². The maximum Gasteiger partial charge on any atom is 0.197 e. The van der Waals surface area contributed by atoms with Crippen LogP contribution in [0.25, 0.3) is 22.6 Å². The molecule has 2 aromatic heterocycles. The van der Waals surface area contributed by atoms with Crippen molar-refractivity contribution in [2.75, 3.05) is 0 Å². The van der Waals surface area contributed by atoms with Crippen molar-refractivity contribution in [2.45, 2.75) is 0 Å². The van der Waals surface area contributed by atoms with Crippen LogP contribution in [0.5, 0.6) is 0 Å². The fraction of sp³-hybridized carbons (Fsp3) is 0. The van der Waals surface area contributed by atoms with Gasteiger partial charge in [0.25, 0.3) is 0 Å². The smallest absolute Gasteiger partial charge is 0.197 e. The topological polar surface area (TPSA) is 55.7 Å². The first kappa shape index (κ1) is 11.0. The predicted molar refractivity (Wildman–Crippen MR) is 74.1 cm³/mol. The molecule has 4 rings (SSSR count). The zero-order valence-corrected chi connectivity index (χ0v) is 10.4. The maximum absolute atomic E-state index is 12.2. The van der Waals surface area contributed by atoms with Crippen LogP contribution in [0.1, 0.15) is 15.9 Å². The van der Waals surface area contributed by atoms with E-state index >= 15 is 0 Å². The summed E-state index contributed by atoms with van der Waals surface area (Å²) in [4.78, 5) is 25.1. The zero-order chi connectivity index (χ0) is 13.5. The van der Waals surface area contributed by atoms with Crippen LogP contribution >= 0.6 is 0 Å². The number of fused-ring (bicyclic) bond motifs is 3. The Balaban J connectivity index is 1.94. The van der Waals surface area contributed by atoms with Gasteiger partial charge in [-0.2, -0.15) is 0 Å². The van der Waals surface area contributed by atoms with E-state index in [1.165, 1.54) is 0 Å². The van der Waals surface area contributed by atoms with Gasteiger partial charge in [0.15, 0.2) is 11.6 Å². The molecule has 0 aliphatic heterocycles. The highest BCUT2D eigenvalue weighted by molar-refractivity contribution is 6.20. The SMILES string of the molecule is O=C1c2ccccc2-c2nc(-c3cccnc3)ncc21. The van der Waals surface area contributed by atoms with Gasteiger partial charge in [0.05, 0.1) is 11.3 Å². The summed E-state index contributed by atoms with van der Waals surface area (Å²) in [7, 11) is 0. The Morgan fingerprint density at radius 3 is 2.50 bits per heavy atom. The Hall–Kier alpha value is -2.88. The minimum atomic E-state index is -0.00617. The molecule has 0 spiro atoms. The molecular weight excluding hydrogens is 250 g/mol. The van der Waals surface area contributed by atoms with E-state index in [1.807, 2.05) is 36.4 Å². The van der Waals surface area contributed by atoms with E-state index in [-0.39, 0.29) is 5.78 Å². The molecule has 4 heteroatoms. The summed E-state index contributed by atoms with van der Waals surface area (Å²) in [6, 6.07) is 11.2. The van der Waals surface area contributed by atoms with E-state index in [1.54, 1.807) is 18.6 Å². The van der Waals surface area contributed by atoms with Crippen LogP contribution in [0.15, 0.2) is 55.0 Å². The Morgan fingerprint density at radius 2 is 1.70 bits per heavy atom. The van der Waals surface area contributed by atoms with Crippen LogP contribution in [-0.2, 0) is 0 Å². The summed E-state index contributed by atoms with van der Waals surface area (Å²) in [5, 5.41) is 0. The van der Waals surface area contributed by atoms with Gasteiger partial charge in [0, 0.05) is 35.3 Å². The molecule has 0 saturated carbocycles. The fourth-order valence-corrected chi connectivity index (χ4v) is 2.42. The Bertz CT molecular complexity index is 828. The number of rotatable bonds is 1. The first-order valence-electron chi connectivity index (χ1n) is 6.26. The molecule has 0 fully saturated rings. The Morgan fingerprint density at radius 1 is 0.850 bits per heavy atom. The van der Waals surface area contributed by atoms with Crippen LogP contribution in [0.2, 0.25) is 0 Å². The van der Waals surface area contributed by atoms with Crippen molar-refractivity contribution in [3.8, 4) is 22.6 Å². The number of ketones is 1. The van der Waals surface area contributed by atoms with Crippen LogP contribution in [0, 0.1) is 0 Å². The maximum atomic E-state index is 12.2. The average molecular weight is 259 g/mol. The molecule has 0 radical (unpaired) electrons. The lowest BCUT2D eigenvalue weighted by Crippen LogP contribution is -1.98. The number of aromatic nitrogens is 3. The summed E-state index contributed by atoms with van der Waals surface area (Å²) in [6.45, 7) is 0. The van der Waals surface area contributed by atoms with Crippen LogP contribution < -0.4 is 0 Å². The molecule has 1 aliphatic carbocycles. The van der Waals surface area contributed by atoms with Gasteiger partial charge in [-0.05, 0) is 12.1 Å². The molecule has 4 nitrogen and oxygen atoms in total. The molecule has 1 aliphatic rings. The normalized spacial score (nSPS) is 12.1. The predicted octanol–water partition coefficient (Wildman–Crippen LogP) is 2.75. The molecule has 0 unspecified atom stereocenters. The standard InChI is InChI=1S/C16H9N3O/c20-15-12-6-2-1-5-11(12)14-13(15)9-18-16(19-14)10-4-3-7-17-8-10/h1-9H. The summed E-state index contributed by atoms with van der Waals surface area (Å²) in [5.41, 5.74) is 3.69. The van der Waals surface area contributed by atoms with Gasteiger partial charge in [0.1, 0.15) is 0 Å².